The van der Waals surface area contributed by atoms with Gasteiger partial charge in [-0.05, 0) is 62.1 Å². The molecule has 1 aromatic carbocycles. The first-order chi connectivity index (χ1) is 12.7. The molecule has 3 aliphatic carbocycles. The number of rotatable bonds is 5. The number of carbonyl (C=O) groups excluding carboxylic acids is 1. The minimum atomic E-state index is -0.189. The van der Waals surface area contributed by atoms with Crippen molar-refractivity contribution in [2.24, 2.45) is 0 Å². The maximum Gasteiger partial charge on any atom is 0.227 e. The molecule has 1 unspecified atom stereocenters. The van der Waals surface area contributed by atoms with Gasteiger partial charge >= 0.3 is 0 Å². The molecule has 6 heteroatoms. The summed E-state index contributed by atoms with van der Waals surface area (Å²) in [6.07, 6.45) is 7.38. The summed E-state index contributed by atoms with van der Waals surface area (Å²) in [5.74, 6) is 2.71. The Morgan fingerprint density at radius 2 is 2.04 bits per heavy atom. The molecule has 0 radical (unpaired) electrons. The van der Waals surface area contributed by atoms with Crippen molar-refractivity contribution in [2.75, 3.05) is 0 Å². The predicted octanol–water partition coefficient (Wildman–Crippen LogP) is 2.93. The van der Waals surface area contributed by atoms with Gasteiger partial charge in [-0.3, -0.25) is 4.79 Å². The molecule has 2 saturated carbocycles. The molecule has 6 nitrogen and oxygen atoms in total. The third-order valence-corrected chi connectivity index (χ3v) is 5.87. The van der Waals surface area contributed by atoms with Crippen LogP contribution >= 0.6 is 0 Å². The number of benzene rings is 1. The summed E-state index contributed by atoms with van der Waals surface area (Å²) in [4.78, 5) is 12.8. The van der Waals surface area contributed by atoms with Crippen LogP contribution in [0, 0.1) is 0 Å². The van der Waals surface area contributed by atoms with Crippen molar-refractivity contribution < 1.29 is 9.90 Å². The fourth-order valence-electron chi connectivity index (χ4n) is 4.20. The Bertz CT molecular complexity index is 851. The molecular weight excluding hydrogens is 328 g/mol. The Hall–Kier alpha value is -2.37. The van der Waals surface area contributed by atoms with Crippen molar-refractivity contribution >= 4 is 5.91 Å². The highest BCUT2D eigenvalue weighted by Gasteiger charge is 2.36. The van der Waals surface area contributed by atoms with E-state index in [1.165, 1.54) is 25.7 Å². The lowest BCUT2D eigenvalue weighted by Gasteiger charge is -2.25. The molecular formula is C20H24N4O2. The zero-order valence-corrected chi connectivity index (χ0v) is 14.8. The van der Waals surface area contributed by atoms with Crippen LogP contribution in [0.25, 0.3) is 0 Å². The Balaban J connectivity index is 1.33. The number of aromatic nitrogens is 3. The number of hydrogen-bond acceptors (Lipinski definition) is 4. The van der Waals surface area contributed by atoms with E-state index < -0.39 is 0 Å². The van der Waals surface area contributed by atoms with Gasteiger partial charge in [-0.15, -0.1) is 10.2 Å². The highest BCUT2D eigenvalue weighted by atomic mass is 16.3. The SMILES string of the molecule is O=C(NCc1nnc(C2CC2)n1C1CC1)C1CCCc2c(O)cccc21. The van der Waals surface area contributed by atoms with Crippen molar-refractivity contribution in [3.8, 4) is 5.75 Å². The van der Waals surface area contributed by atoms with Gasteiger partial charge in [-0.2, -0.15) is 0 Å². The van der Waals surface area contributed by atoms with E-state index in [2.05, 4.69) is 20.1 Å². The van der Waals surface area contributed by atoms with Gasteiger partial charge in [0.1, 0.15) is 11.6 Å². The van der Waals surface area contributed by atoms with Crippen LogP contribution < -0.4 is 5.32 Å². The van der Waals surface area contributed by atoms with E-state index in [1.54, 1.807) is 6.07 Å². The van der Waals surface area contributed by atoms with Gasteiger partial charge < -0.3 is 15.0 Å². The molecule has 3 aliphatic rings. The van der Waals surface area contributed by atoms with Crippen LogP contribution in [0.2, 0.25) is 0 Å². The molecule has 2 fully saturated rings. The summed E-state index contributed by atoms with van der Waals surface area (Å²) in [6, 6.07) is 6.03. The van der Waals surface area contributed by atoms with Crippen LogP contribution in [-0.2, 0) is 17.8 Å². The molecule has 1 amide bonds. The Morgan fingerprint density at radius 3 is 2.81 bits per heavy atom. The quantitative estimate of drug-likeness (QED) is 0.867. The molecule has 136 valence electrons. The third-order valence-electron chi connectivity index (χ3n) is 5.87. The van der Waals surface area contributed by atoms with Gasteiger partial charge in [-0.25, -0.2) is 0 Å². The van der Waals surface area contributed by atoms with Crippen molar-refractivity contribution in [1.29, 1.82) is 0 Å². The van der Waals surface area contributed by atoms with Crippen molar-refractivity contribution in [3.63, 3.8) is 0 Å². The van der Waals surface area contributed by atoms with Gasteiger partial charge in [0.05, 0.1) is 12.5 Å². The highest BCUT2D eigenvalue weighted by molar-refractivity contribution is 5.84. The lowest BCUT2D eigenvalue weighted by molar-refractivity contribution is -0.123. The number of nitrogens with one attached hydrogen (secondary N) is 1. The molecule has 0 spiro atoms. The van der Waals surface area contributed by atoms with Crippen molar-refractivity contribution in [2.45, 2.75) is 69.4 Å². The zero-order valence-electron chi connectivity index (χ0n) is 14.8. The van der Waals surface area contributed by atoms with Crippen LogP contribution in [-0.4, -0.2) is 25.8 Å². The summed E-state index contributed by atoms with van der Waals surface area (Å²) in [6.45, 7) is 0.430. The molecule has 2 aromatic rings. The molecule has 5 rings (SSSR count). The molecule has 1 atom stereocenters. The van der Waals surface area contributed by atoms with Gasteiger partial charge in [0, 0.05) is 12.0 Å². The van der Waals surface area contributed by atoms with Crippen molar-refractivity contribution in [1.82, 2.24) is 20.1 Å². The normalized spacial score (nSPS) is 22.1. The summed E-state index contributed by atoms with van der Waals surface area (Å²) < 4.78 is 2.28. The van der Waals surface area contributed by atoms with Gasteiger partial charge in [-0.1, -0.05) is 12.1 Å². The summed E-state index contributed by atoms with van der Waals surface area (Å²) in [5.41, 5.74) is 1.90. The predicted molar refractivity (Wildman–Crippen MR) is 95.9 cm³/mol. The summed E-state index contributed by atoms with van der Waals surface area (Å²) in [5, 5.41) is 21.9. The topological polar surface area (TPSA) is 80.0 Å². The van der Waals surface area contributed by atoms with Gasteiger partial charge in [0.2, 0.25) is 5.91 Å². The highest BCUT2D eigenvalue weighted by Crippen LogP contribution is 2.44. The van der Waals surface area contributed by atoms with Crippen LogP contribution in [0.1, 0.15) is 79.2 Å². The van der Waals surface area contributed by atoms with E-state index in [4.69, 9.17) is 0 Å². The molecule has 26 heavy (non-hydrogen) atoms. The zero-order chi connectivity index (χ0) is 17.7. The lowest BCUT2D eigenvalue weighted by Crippen LogP contribution is -2.32. The summed E-state index contributed by atoms with van der Waals surface area (Å²) >= 11 is 0. The first-order valence-corrected chi connectivity index (χ1v) is 9.74. The van der Waals surface area contributed by atoms with E-state index in [0.29, 0.717) is 24.3 Å². The number of amides is 1. The number of aromatic hydroxyl groups is 1. The number of fused-ring (bicyclic) bond motifs is 1. The standard InChI is InChI=1S/C20H24N4O2/c25-17-6-2-3-14-15(17)4-1-5-16(14)20(26)21-11-18-22-23-19(12-7-8-12)24(18)13-9-10-13/h2-3,6,12-13,16,25H,1,4-5,7-11H2,(H,21,26). The molecule has 0 aliphatic heterocycles. The number of phenolic OH excluding ortho intramolecular Hbond substituents is 1. The second-order valence-electron chi connectivity index (χ2n) is 7.86. The maximum atomic E-state index is 12.8. The third kappa shape index (κ3) is 2.77. The van der Waals surface area contributed by atoms with Crippen LogP contribution in [0.3, 0.4) is 0 Å². The largest absolute Gasteiger partial charge is 0.508 e. The average Bonchev–Trinajstić information content (AvgIpc) is 3.58. The number of nitrogens with zero attached hydrogens (tertiary/aromatic N) is 3. The molecule has 1 aromatic heterocycles. The van der Waals surface area contributed by atoms with E-state index in [1.807, 2.05) is 12.1 Å². The molecule has 0 bridgehead atoms. The van der Waals surface area contributed by atoms with E-state index >= 15 is 0 Å². The van der Waals surface area contributed by atoms with Crippen LogP contribution in [0.15, 0.2) is 18.2 Å². The maximum absolute atomic E-state index is 12.8. The van der Waals surface area contributed by atoms with E-state index in [0.717, 1.165) is 42.0 Å². The molecule has 2 N–H and O–H groups in total. The minimum absolute atomic E-state index is 0.0230. The fraction of sp³-hybridized carbons (Fsp3) is 0.550. The second kappa shape index (κ2) is 6.11. The first-order valence-electron chi connectivity index (χ1n) is 9.74. The van der Waals surface area contributed by atoms with Gasteiger partial charge in [0.25, 0.3) is 0 Å². The Labute approximate surface area is 152 Å². The molecule has 0 saturated heterocycles. The monoisotopic (exact) mass is 352 g/mol. The average molecular weight is 352 g/mol. The number of carbonyl (C=O) groups is 1. The van der Waals surface area contributed by atoms with Crippen LogP contribution in [0.5, 0.6) is 5.75 Å². The van der Waals surface area contributed by atoms with Crippen LogP contribution in [0.4, 0.5) is 0 Å². The van der Waals surface area contributed by atoms with E-state index in [9.17, 15) is 9.90 Å². The summed E-state index contributed by atoms with van der Waals surface area (Å²) in [7, 11) is 0. The second-order valence-corrected chi connectivity index (χ2v) is 7.86. The Morgan fingerprint density at radius 1 is 1.19 bits per heavy atom. The van der Waals surface area contributed by atoms with Crippen molar-refractivity contribution in [3.05, 3.63) is 41.0 Å². The van der Waals surface area contributed by atoms with E-state index in [-0.39, 0.29) is 11.8 Å². The number of hydrogen-bond donors (Lipinski definition) is 2. The van der Waals surface area contributed by atoms with Gasteiger partial charge in [0.15, 0.2) is 5.82 Å². The first kappa shape index (κ1) is 15.9. The minimum Gasteiger partial charge on any atom is -0.508 e. The number of phenols is 1. The smallest absolute Gasteiger partial charge is 0.227 e. The Kier molecular flexibility index (Phi) is 3.72. The fourth-order valence-corrected chi connectivity index (χ4v) is 4.20. The lowest BCUT2D eigenvalue weighted by atomic mass is 9.82. The molecule has 1 heterocycles.